The lowest BCUT2D eigenvalue weighted by Gasteiger charge is -2.11. The summed E-state index contributed by atoms with van der Waals surface area (Å²) in [7, 11) is -4.75. The van der Waals surface area contributed by atoms with Crippen molar-refractivity contribution in [2.24, 2.45) is 20.5 Å². The molecule has 0 spiro atoms. The molecule has 14 heteroatoms. The number of hydrogen-bond donors (Lipinski definition) is 0. The molecule has 0 atom stereocenters. The van der Waals surface area contributed by atoms with Crippen LogP contribution in [0.4, 0.5) is 22.7 Å². The van der Waals surface area contributed by atoms with E-state index >= 15 is 0 Å². The Labute approximate surface area is 293 Å². The summed E-state index contributed by atoms with van der Waals surface area (Å²) in [5.74, 6) is 1.84. The number of hydrogen-bond acceptors (Lipinski definition) is 10. The number of aryl methyl sites for hydroxylation is 5. The van der Waals surface area contributed by atoms with E-state index in [1.54, 1.807) is 12.1 Å². The number of rotatable bonds is 9. The minimum Gasteiger partial charge on any atom is -0.744 e. The van der Waals surface area contributed by atoms with Crippen molar-refractivity contribution in [2.75, 3.05) is 0 Å². The van der Waals surface area contributed by atoms with Crippen LogP contribution in [-0.4, -0.2) is 27.9 Å². The molecule has 0 fully saturated rings. The topological polar surface area (TPSA) is 145 Å². The van der Waals surface area contributed by atoms with E-state index in [2.05, 4.69) is 30.4 Å². The molecule has 246 valence electrons. The molecular weight excluding hydrogens is 693 g/mol. The molecular formula is C34H29Cl3N7O3S-. The van der Waals surface area contributed by atoms with Gasteiger partial charge in [0.25, 0.3) is 0 Å². The van der Waals surface area contributed by atoms with E-state index in [0.717, 1.165) is 39.4 Å². The van der Waals surface area contributed by atoms with Gasteiger partial charge in [-0.2, -0.15) is 15.3 Å². The van der Waals surface area contributed by atoms with E-state index in [4.69, 9.17) is 39.8 Å². The maximum Gasteiger partial charge on any atom is 0.137 e. The predicted molar refractivity (Wildman–Crippen MR) is 186 cm³/mol. The van der Waals surface area contributed by atoms with E-state index in [-0.39, 0.29) is 10.7 Å². The Morgan fingerprint density at radius 1 is 0.583 bits per heavy atom. The van der Waals surface area contributed by atoms with Crippen LogP contribution in [0.3, 0.4) is 0 Å². The number of nitrogens with zero attached hydrogens (tertiary/aromatic N) is 7. The first kappa shape index (κ1) is 35.2. The third-order valence-electron chi connectivity index (χ3n) is 7.47. The normalized spacial score (nSPS) is 12.0. The van der Waals surface area contributed by atoms with E-state index in [1.807, 2.05) is 65.0 Å². The van der Waals surface area contributed by atoms with E-state index in [9.17, 15) is 13.0 Å². The minimum absolute atomic E-state index is 0.169. The lowest BCUT2D eigenvalue weighted by Crippen LogP contribution is -2.08. The van der Waals surface area contributed by atoms with E-state index in [1.165, 1.54) is 12.1 Å². The maximum atomic E-state index is 11.5. The lowest BCUT2D eigenvalue weighted by molar-refractivity contribution is 0.463. The molecule has 48 heavy (non-hydrogen) atoms. The largest absolute Gasteiger partial charge is 0.744 e. The number of halogens is 3. The summed E-state index contributed by atoms with van der Waals surface area (Å²) in [6, 6.07) is 16.9. The van der Waals surface area contributed by atoms with Crippen molar-refractivity contribution in [3.8, 4) is 0 Å². The average Bonchev–Trinajstić information content (AvgIpc) is 3.00. The summed E-state index contributed by atoms with van der Waals surface area (Å²) in [4.78, 5) is 13.4. The Bertz CT molecular complexity index is 2230. The van der Waals surface area contributed by atoms with Gasteiger partial charge >= 0.3 is 0 Å². The highest BCUT2D eigenvalue weighted by Crippen LogP contribution is 2.33. The first-order valence-corrected chi connectivity index (χ1v) is 17.1. The fourth-order valence-electron chi connectivity index (χ4n) is 4.89. The highest BCUT2D eigenvalue weighted by Gasteiger charge is 2.13. The van der Waals surface area contributed by atoms with Gasteiger partial charge in [-0.15, -0.1) is 5.11 Å². The van der Waals surface area contributed by atoms with Gasteiger partial charge in [0.15, 0.2) is 0 Å². The highest BCUT2D eigenvalue weighted by molar-refractivity contribution is 7.85. The van der Waals surface area contributed by atoms with Crippen LogP contribution in [0.5, 0.6) is 0 Å². The lowest BCUT2D eigenvalue weighted by atomic mass is 10.0. The Hall–Kier alpha value is -4.13. The van der Waals surface area contributed by atoms with Gasteiger partial charge in [0.1, 0.15) is 33.3 Å². The Kier molecular flexibility index (Phi) is 10.7. The molecule has 5 rings (SSSR count). The van der Waals surface area contributed by atoms with Crippen LogP contribution in [-0.2, 0) is 23.0 Å². The predicted octanol–water partition coefficient (Wildman–Crippen LogP) is 10.3. The molecule has 0 aliphatic carbocycles. The number of aromatic nitrogens is 3. The van der Waals surface area contributed by atoms with Crippen molar-refractivity contribution in [1.29, 1.82) is 0 Å². The summed E-state index contributed by atoms with van der Waals surface area (Å²) >= 11 is 18.6. The van der Waals surface area contributed by atoms with Gasteiger partial charge in [0.2, 0.25) is 0 Å². The van der Waals surface area contributed by atoms with Gasteiger partial charge in [-0.25, -0.2) is 23.4 Å². The fraction of sp³-hybridized carbons (Fsp3) is 0.206. The van der Waals surface area contributed by atoms with Crippen molar-refractivity contribution in [2.45, 2.75) is 52.4 Å². The second kappa shape index (κ2) is 14.6. The minimum atomic E-state index is -4.75. The molecule has 0 amide bonds. The molecule has 1 aromatic heterocycles. The second-order valence-electron chi connectivity index (χ2n) is 11.3. The van der Waals surface area contributed by atoms with Crippen LogP contribution in [0.1, 0.15) is 50.9 Å². The molecule has 0 aliphatic heterocycles. The van der Waals surface area contributed by atoms with Gasteiger partial charge < -0.3 is 4.55 Å². The van der Waals surface area contributed by atoms with Crippen LogP contribution < -0.4 is 0 Å². The van der Waals surface area contributed by atoms with Gasteiger partial charge in [-0.3, -0.25) is 0 Å². The van der Waals surface area contributed by atoms with E-state index < -0.39 is 15.0 Å². The van der Waals surface area contributed by atoms with Crippen LogP contribution in [0, 0.1) is 34.6 Å². The van der Waals surface area contributed by atoms with Gasteiger partial charge in [0.05, 0.1) is 32.0 Å². The Balaban J connectivity index is 1.33. The molecule has 4 aromatic carbocycles. The first-order valence-electron chi connectivity index (χ1n) is 14.6. The Morgan fingerprint density at radius 2 is 1.12 bits per heavy atom. The van der Waals surface area contributed by atoms with Gasteiger partial charge in [-0.1, -0.05) is 40.9 Å². The molecule has 0 bridgehead atoms. The molecule has 0 saturated carbocycles. The molecule has 5 aromatic rings. The van der Waals surface area contributed by atoms with Crippen molar-refractivity contribution in [3.63, 3.8) is 0 Å². The number of azo groups is 2. The van der Waals surface area contributed by atoms with Gasteiger partial charge in [0, 0.05) is 17.9 Å². The standard InChI is InChI=1S/C34H30Cl3N7O3S/c1-18-12-30(43-42-26-7-9-28(36)32(17-26)48(45,46)47)21(4)10-23(18)15-33-38-22(5)39-34(40-33)16-24-14-29(37)31(13-19(24)2)44-41-25-6-8-27(35)20(3)11-25/h6-14,17H,15-16H2,1-5H3,(H,45,46,47)/p-1. The molecule has 10 nitrogen and oxygen atoms in total. The van der Waals surface area contributed by atoms with Crippen LogP contribution in [0.25, 0.3) is 0 Å². The first-order chi connectivity index (χ1) is 22.7. The average molecular weight is 722 g/mol. The van der Waals surface area contributed by atoms with Crippen LogP contribution in [0.15, 0.2) is 86.0 Å². The quantitative estimate of drug-likeness (QED) is 0.109. The zero-order valence-corrected chi connectivity index (χ0v) is 29.7. The molecule has 0 N–H and O–H groups in total. The van der Waals surface area contributed by atoms with Crippen molar-refractivity contribution in [3.05, 3.63) is 127 Å². The molecule has 0 radical (unpaired) electrons. The smallest absolute Gasteiger partial charge is 0.137 e. The summed E-state index contributed by atoms with van der Waals surface area (Å²) in [5, 5.41) is 18.0. The number of benzene rings is 4. The zero-order valence-electron chi connectivity index (χ0n) is 26.6. The second-order valence-corrected chi connectivity index (χ2v) is 13.8. The third kappa shape index (κ3) is 8.66. The monoisotopic (exact) mass is 720 g/mol. The highest BCUT2D eigenvalue weighted by atomic mass is 35.5. The molecule has 0 aliphatic rings. The van der Waals surface area contributed by atoms with Crippen molar-refractivity contribution < 1.29 is 13.0 Å². The zero-order chi connectivity index (χ0) is 34.7. The maximum absolute atomic E-state index is 11.5. The summed E-state index contributed by atoms with van der Waals surface area (Å²) in [6.45, 7) is 9.56. The van der Waals surface area contributed by atoms with Crippen molar-refractivity contribution in [1.82, 2.24) is 15.0 Å². The Morgan fingerprint density at radius 3 is 1.73 bits per heavy atom. The fourth-order valence-corrected chi connectivity index (χ4v) is 6.20. The SMILES string of the molecule is Cc1nc(Cc2cc(C)c(N=Nc3ccc(Cl)c(S(=O)(=O)[O-])c3)cc2C)nc(Cc2cc(Cl)c(N=Nc3ccc(Cl)c(C)c3)cc2C)n1. The molecule has 1 heterocycles. The third-order valence-corrected chi connectivity index (χ3v) is 9.51. The van der Waals surface area contributed by atoms with Crippen molar-refractivity contribution >= 4 is 67.7 Å². The summed E-state index contributed by atoms with van der Waals surface area (Å²) in [5.41, 5.74) is 7.63. The molecule has 0 unspecified atom stereocenters. The summed E-state index contributed by atoms with van der Waals surface area (Å²) in [6.07, 6.45) is 0.915. The van der Waals surface area contributed by atoms with Crippen LogP contribution >= 0.6 is 34.8 Å². The van der Waals surface area contributed by atoms with E-state index in [0.29, 0.717) is 57.4 Å². The van der Waals surface area contributed by atoms with Gasteiger partial charge in [-0.05, 0) is 123 Å². The van der Waals surface area contributed by atoms with Crippen LogP contribution in [0.2, 0.25) is 15.1 Å². The summed E-state index contributed by atoms with van der Waals surface area (Å²) < 4.78 is 34.4. The molecule has 0 saturated heterocycles.